The summed E-state index contributed by atoms with van der Waals surface area (Å²) in [5, 5.41) is 3.60. The van der Waals surface area contributed by atoms with E-state index >= 15 is 0 Å². The van der Waals surface area contributed by atoms with E-state index in [1.54, 1.807) is 0 Å². The van der Waals surface area contributed by atoms with Gasteiger partial charge in [-0.3, -0.25) is 0 Å². The minimum absolute atomic E-state index is 0.355. The number of fused-ring (bicyclic) bond motifs is 3. The van der Waals surface area contributed by atoms with Gasteiger partial charge in [0.15, 0.2) is 11.4 Å². The Morgan fingerprint density at radius 1 is 1.13 bits per heavy atom. The van der Waals surface area contributed by atoms with Crippen molar-refractivity contribution in [3.8, 4) is 0 Å². The molecule has 8 heteroatoms. The molecule has 23 heavy (non-hydrogen) atoms. The van der Waals surface area contributed by atoms with Gasteiger partial charge in [0.25, 0.3) is 0 Å². The summed E-state index contributed by atoms with van der Waals surface area (Å²) in [5.41, 5.74) is 0.512. The first kappa shape index (κ1) is 14.3. The minimum atomic E-state index is -4.40. The third-order valence-electron chi connectivity index (χ3n) is 3.98. The van der Waals surface area contributed by atoms with Crippen LogP contribution in [0.25, 0.3) is 22.1 Å². The maximum absolute atomic E-state index is 12.9. The number of nitrogens with zero attached hydrogens (tertiary/aromatic N) is 3. The standard InChI is InChI=1S/C15H13F3N4O/c16-15(17,18)9-1-2-11-10(7-9)12-13(23-11)14(21-8-20-12)22-5-3-19-4-6-22/h1-2,7-8,19H,3-6H2. The second kappa shape index (κ2) is 5.09. The summed E-state index contributed by atoms with van der Waals surface area (Å²) in [7, 11) is 0. The molecule has 5 nitrogen and oxygen atoms in total. The first-order valence-corrected chi connectivity index (χ1v) is 7.24. The van der Waals surface area contributed by atoms with Gasteiger partial charge >= 0.3 is 6.18 Å². The Morgan fingerprint density at radius 2 is 1.91 bits per heavy atom. The zero-order valence-corrected chi connectivity index (χ0v) is 12.0. The number of rotatable bonds is 1. The number of hydrogen-bond donors (Lipinski definition) is 1. The molecule has 1 fully saturated rings. The summed E-state index contributed by atoms with van der Waals surface area (Å²) < 4.78 is 44.5. The normalized spacial score (nSPS) is 16.4. The van der Waals surface area contributed by atoms with E-state index in [9.17, 15) is 13.2 Å². The summed E-state index contributed by atoms with van der Waals surface area (Å²) in [5.74, 6) is 0.626. The van der Waals surface area contributed by atoms with Crippen LogP contribution in [0.3, 0.4) is 0 Å². The number of benzene rings is 1. The quantitative estimate of drug-likeness (QED) is 0.747. The number of hydrogen-bond acceptors (Lipinski definition) is 5. The number of alkyl halides is 3. The van der Waals surface area contributed by atoms with E-state index in [1.165, 1.54) is 12.4 Å². The summed E-state index contributed by atoms with van der Waals surface area (Å²) in [6, 6.07) is 3.43. The van der Waals surface area contributed by atoms with Crippen molar-refractivity contribution in [2.45, 2.75) is 6.18 Å². The molecule has 4 rings (SSSR count). The van der Waals surface area contributed by atoms with Gasteiger partial charge in [0.1, 0.15) is 17.4 Å². The third-order valence-corrected chi connectivity index (χ3v) is 3.98. The summed E-state index contributed by atoms with van der Waals surface area (Å²) in [4.78, 5) is 10.5. The van der Waals surface area contributed by atoms with Crippen LogP contribution < -0.4 is 10.2 Å². The predicted octanol–water partition coefficient (Wildman–Crippen LogP) is 2.80. The number of nitrogens with one attached hydrogen (secondary N) is 1. The highest BCUT2D eigenvalue weighted by Gasteiger charge is 2.31. The van der Waals surface area contributed by atoms with Crippen molar-refractivity contribution in [2.75, 3.05) is 31.1 Å². The maximum Gasteiger partial charge on any atom is 0.416 e. The van der Waals surface area contributed by atoms with Gasteiger partial charge in [-0.15, -0.1) is 0 Å². The lowest BCUT2D eigenvalue weighted by molar-refractivity contribution is -0.137. The largest absolute Gasteiger partial charge is 0.450 e. The maximum atomic E-state index is 12.9. The van der Waals surface area contributed by atoms with Crippen molar-refractivity contribution in [2.24, 2.45) is 0 Å². The molecule has 0 saturated carbocycles. The Labute approximate surface area is 129 Å². The molecule has 0 amide bonds. The van der Waals surface area contributed by atoms with Crippen LogP contribution in [0.15, 0.2) is 28.9 Å². The minimum Gasteiger partial charge on any atom is -0.450 e. The number of aromatic nitrogens is 2. The average molecular weight is 322 g/mol. The molecule has 1 N–H and O–H groups in total. The van der Waals surface area contributed by atoms with Crippen molar-refractivity contribution in [3.05, 3.63) is 30.1 Å². The van der Waals surface area contributed by atoms with Gasteiger partial charge in [0.05, 0.1) is 5.56 Å². The molecule has 0 bridgehead atoms. The molecule has 2 aromatic heterocycles. The molecule has 0 aliphatic carbocycles. The monoisotopic (exact) mass is 322 g/mol. The molecular weight excluding hydrogens is 309 g/mol. The van der Waals surface area contributed by atoms with Crippen LogP contribution in [0.1, 0.15) is 5.56 Å². The van der Waals surface area contributed by atoms with E-state index in [0.29, 0.717) is 27.9 Å². The smallest absolute Gasteiger partial charge is 0.416 e. The predicted molar refractivity (Wildman–Crippen MR) is 79.4 cm³/mol. The lowest BCUT2D eigenvalue weighted by atomic mass is 10.1. The van der Waals surface area contributed by atoms with Gasteiger partial charge in [-0.1, -0.05) is 0 Å². The van der Waals surface area contributed by atoms with Crippen LogP contribution in [0, 0.1) is 0 Å². The highest BCUT2D eigenvalue weighted by Crippen LogP contribution is 2.36. The molecule has 1 saturated heterocycles. The third kappa shape index (κ3) is 2.39. The molecule has 1 aliphatic heterocycles. The van der Waals surface area contributed by atoms with Gasteiger partial charge in [0.2, 0.25) is 0 Å². The topological polar surface area (TPSA) is 54.2 Å². The number of anilines is 1. The fourth-order valence-electron chi connectivity index (χ4n) is 2.84. The van der Waals surface area contributed by atoms with Crippen LogP contribution in [-0.4, -0.2) is 36.1 Å². The number of furan rings is 1. The number of piperazine rings is 1. The Kier molecular flexibility index (Phi) is 3.15. The SMILES string of the molecule is FC(F)(F)c1ccc2oc3c(N4CCNCC4)ncnc3c2c1. The van der Waals surface area contributed by atoms with Crippen molar-refractivity contribution in [1.29, 1.82) is 0 Å². The van der Waals surface area contributed by atoms with Crippen molar-refractivity contribution in [1.82, 2.24) is 15.3 Å². The summed E-state index contributed by atoms with van der Waals surface area (Å²) >= 11 is 0. The second-order valence-electron chi connectivity index (χ2n) is 5.42. The van der Waals surface area contributed by atoms with E-state index in [0.717, 1.165) is 38.3 Å². The first-order valence-electron chi connectivity index (χ1n) is 7.24. The molecule has 1 aliphatic rings. The zero-order chi connectivity index (χ0) is 16.0. The van der Waals surface area contributed by atoms with Gasteiger partial charge in [-0.25, -0.2) is 9.97 Å². The Bertz CT molecular complexity index is 868. The van der Waals surface area contributed by atoms with E-state index in [4.69, 9.17) is 4.42 Å². The summed E-state index contributed by atoms with van der Waals surface area (Å²) in [6.07, 6.45) is -3.03. The van der Waals surface area contributed by atoms with Crippen molar-refractivity contribution >= 4 is 27.9 Å². The molecule has 1 aromatic carbocycles. The van der Waals surface area contributed by atoms with E-state index in [-0.39, 0.29) is 0 Å². The summed E-state index contributed by atoms with van der Waals surface area (Å²) in [6.45, 7) is 3.17. The molecule has 120 valence electrons. The van der Waals surface area contributed by atoms with Gasteiger partial charge < -0.3 is 14.6 Å². The van der Waals surface area contributed by atoms with E-state index < -0.39 is 11.7 Å². The number of halogens is 3. The van der Waals surface area contributed by atoms with Crippen LogP contribution in [0.2, 0.25) is 0 Å². The van der Waals surface area contributed by atoms with Gasteiger partial charge in [0, 0.05) is 31.6 Å². The van der Waals surface area contributed by atoms with Crippen LogP contribution in [0.4, 0.5) is 19.0 Å². The van der Waals surface area contributed by atoms with Crippen LogP contribution in [0.5, 0.6) is 0 Å². The fourth-order valence-corrected chi connectivity index (χ4v) is 2.84. The molecular formula is C15H13F3N4O. The van der Waals surface area contributed by atoms with Gasteiger partial charge in [-0.2, -0.15) is 13.2 Å². The second-order valence-corrected chi connectivity index (χ2v) is 5.42. The van der Waals surface area contributed by atoms with E-state index in [2.05, 4.69) is 15.3 Å². The van der Waals surface area contributed by atoms with E-state index in [1.807, 2.05) is 4.90 Å². The zero-order valence-electron chi connectivity index (χ0n) is 12.0. The molecule has 3 heterocycles. The molecule has 0 radical (unpaired) electrons. The molecule has 0 atom stereocenters. The fraction of sp³-hybridized carbons (Fsp3) is 0.333. The van der Waals surface area contributed by atoms with Crippen LogP contribution >= 0.6 is 0 Å². The van der Waals surface area contributed by atoms with Crippen molar-refractivity contribution in [3.63, 3.8) is 0 Å². The highest BCUT2D eigenvalue weighted by atomic mass is 19.4. The first-order chi connectivity index (χ1) is 11.0. The Hall–Kier alpha value is -2.35. The average Bonchev–Trinajstić information content (AvgIpc) is 2.92. The Balaban J connectivity index is 1.91. The van der Waals surface area contributed by atoms with Crippen LogP contribution in [-0.2, 0) is 6.18 Å². The lowest BCUT2D eigenvalue weighted by Gasteiger charge is -2.27. The van der Waals surface area contributed by atoms with Gasteiger partial charge in [-0.05, 0) is 18.2 Å². The highest BCUT2D eigenvalue weighted by molar-refractivity contribution is 6.05. The molecule has 3 aromatic rings. The Morgan fingerprint density at radius 3 is 2.65 bits per heavy atom. The lowest BCUT2D eigenvalue weighted by Crippen LogP contribution is -2.43. The molecule has 0 unspecified atom stereocenters. The van der Waals surface area contributed by atoms with Crippen molar-refractivity contribution < 1.29 is 17.6 Å². The molecule has 0 spiro atoms.